The third kappa shape index (κ3) is 8.35. The SMILES string of the molecule is CCOC(=O)C(C#N)=Cc1ccc(N(CCOC(=O)c2ccccc2)CCOC(=O)c2ccccc2)cc1. The topological polar surface area (TPSA) is 106 Å². The number of nitriles is 1. The van der Waals surface area contributed by atoms with E-state index in [2.05, 4.69) is 0 Å². The zero-order valence-corrected chi connectivity index (χ0v) is 21.0. The van der Waals surface area contributed by atoms with Gasteiger partial charge in [-0.2, -0.15) is 5.26 Å². The van der Waals surface area contributed by atoms with E-state index >= 15 is 0 Å². The van der Waals surface area contributed by atoms with Crippen LogP contribution in [0.4, 0.5) is 5.69 Å². The summed E-state index contributed by atoms with van der Waals surface area (Å²) in [5, 5.41) is 9.27. The van der Waals surface area contributed by atoms with Gasteiger partial charge in [0, 0.05) is 5.69 Å². The van der Waals surface area contributed by atoms with Crippen LogP contribution in [-0.2, 0) is 19.0 Å². The van der Waals surface area contributed by atoms with E-state index < -0.39 is 17.9 Å². The number of esters is 3. The highest BCUT2D eigenvalue weighted by Gasteiger charge is 2.13. The van der Waals surface area contributed by atoms with Crippen LogP contribution in [0.25, 0.3) is 6.08 Å². The van der Waals surface area contributed by atoms with Gasteiger partial charge in [-0.3, -0.25) is 0 Å². The molecule has 3 rings (SSSR count). The first-order valence-corrected chi connectivity index (χ1v) is 12.1. The molecule has 3 aromatic rings. The van der Waals surface area contributed by atoms with E-state index in [-0.39, 0.29) is 25.4 Å². The molecular formula is C30H28N2O6. The number of carbonyl (C=O) groups is 3. The summed E-state index contributed by atoms with van der Waals surface area (Å²) in [5.74, 6) is -1.53. The molecule has 0 bridgehead atoms. The Kier molecular flexibility index (Phi) is 10.6. The average Bonchev–Trinajstić information content (AvgIpc) is 2.96. The highest BCUT2D eigenvalue weighted by atomic mass is 16.5. The standard InChI is InChI=1S/C30H28N2O6/c1-2-36-30(35)26(22-31)21-23-13-15-27(16-14-23)32(17-19-37-28(33)24-9-5-3-6-10-24)18-20-38-29(34)25-11-7-4-8-12-25/h3-16,21H,2,17-20H2,1H3. The average molecular weight is 513 g/mol. The molecule has 194 valence electrons. The predicted octanol–water partition coefficient (Wildman–Crippen LogP) is 4.68. The molecule has 0 radical (unpaired) electrons. The normalized spacial score (nSPS) is 10.7. The van der Waals surface area contributed by atoms with Crippen LogP contribution in [0.1, 0.15) is 33.2 Å². The Morgan fingerprint density at radius 2 is 1.26 bits per heavy atom. The van der Waals surface area contributed by atoms with Gasteiger partial charge in [-0.15, -0.1) is 0 Å². The summed E-state index contributed by atoms with van der Waals surface area (Å²) in [6, 6.07) is 26.4. The lowest BCUT2D eigenvalue weighted by Crippen LogP contribution is -2.32. The number of anilines is 1. The lowest BCUT2D eigenvalue weighted by molar-refractivity contribution is -0.137. The molecule has 0 unspecified atom stereocenters. The smallest absolute Gasteiger partial charge is 0.348 e. The minimum Gasteiger partial charge on any atom is -0.462 e. The summed E-state index contributed by atoms with van der Waals surface area (Å²) in [6.07, 6.45) is 1.45. The molecular weight excluding hydrogens is 484 g/mol. The predicted molar refractivity (Wildman–Crippen MR) is 142 cm³/mol. The van der Waals surface area contributed by atoms with E-state index in [9.17, 15) is 19.6 Å². The summed E-state index contributed by atoms with van der Waals surface area (Å²) in [7, 11) is 0. The van der Waals surface area contributed by atoms with Gasteiger partial charge in [-0.25, -0.2) is 14.4 Å². The molecule has 3 aromatic carbocycles. The number of rotatable bonds is 12. The van der Waals surface area contributed by atoms with E-state index in [4.69, 9.17) is 14.2 Å². The second-order valence-electron chi connectivity index (χ2n) is 7.97. The maximum atomic E-state index is 12.3. The van der Waals surface area contributed by atoms with Crippen LogP contribution in [0.2, 0.25) is 0 Å². The first-order valence-electron chi connectivity index (χ1n) is 12.1. The van der Waals surface area contributed by atoms with Gasteiger partial charge >= 0.3 is 17.9 Å². The van der Waals surface area contributed by atoms with Crippen molar-refractivity contribution in [2.75, 3.05) is 37.8 Å². The van der Waals surface area contributed by atoms with Crippen LogP contribution in [-0.4, -0.2) is 50.8 Å². The molecule has 0 aliphatic carbocycles. The molecule has 8 heteroatoms. The van der Waals surface area contributed by atoms with Crippen molar-refractivity contribution >= 4 is 29.7 Å². The Bertz CT molecular complexity index is 1220. The number of hydrogen-bond acceptors (Lipinski definition) is 8. The van der Waals surface area contributed by atoms with Gasteiger partial charge in [0.05, 0.1) is 30.8 Å². The van der Waals surface area contributed by atoms with Crippen LogP contribution < -0.4 is 4.90 Å². The first-order chi connectivity index (χ1) is 18.5. The van der Waals surface area contributed by atoms with Gasteiger partial charge in [-0.1, -0.05) is 48.5 Å². The van der Waals surface area contributed by atoms with E-state index in [0.717, 1.165) is 5.69 Å². The molecule has 0 amide bonds. The van der Waals surface area contributed by atoms with Crippen LogP contribution >= 0.6 is 0 Å². The molecule has 0 heterocycles. The Balaban J connectivity index is 1.68. The molecule has 0 atom stereocenters. The Hall–Kier alpha value is -4.90. The van der Waals surface area contributed by atoms with Gasteiger partial charge in [-0.05, 0) is 55.0 Å². The number of carbonyl (C=O) groups excluding carboxylic acids is 3. The molecule has 8 nitrogen and oxygen atoms in total. The highest BCUT2D eigenvalue weighted by Crippen LogP contribution is 2.18. The number of nitrogens with zero attached hydrogens (tertiary/aromatic N) is 2. The molecule has 0 saturated carbocycles. The minimum atomic E-state index is -0.679. The second kappa shape index (κ2) is 14.6. The monoisotopic (exact) mass is 512 g/mol. The maximum absolute atomic E-state index is 12.3. The lowest BCUT2D eigenvalue weighted by Gasteiger charge is -2.24. The summed E-state index contributed by atoms with van der Waals surface area (Å²) in [4.78, 5) is 38.5. The fourth-order valence-electron chi connectivity index (χ4n) is 3.48. The molecule has 0 saturated heterocycles. The summed E-state index contributed by atoms with van der Waals surface area (Å²) in [5.41, 5.74) is 2.24. The third-order valence-corrected chi connectivity index (χ3v) is 5.39. The van der Waals surface area contributed by atoms with Gasteiger partial charge in [0.25, 0.3) is 0 Å². The van der Waals surface area contributed by atoms with Gasteiger partial charge in [0.1, 0.15) is 24.9 Å². The van der Waals surface area contributed by atoms with Gasteiger partial charge < -0.3 is 19.1 Å². The number of hydrogen-bond donors (Lipinski definition) is 0. The molecule has 0 aliphatic heterocycles. The van der Waals surface area contributed by atoms with Crippen molar-refractivity contribution in [3.63, 3.8) is 0 Å². The van der Waals surface area contributed by atoms with Crippen LogP contribution in [0, 0.1) is 11.3 Å². The third-order valence-electron chi connectivity index (χ3n) is 5.39. The van der Waals surface area contributed by atoms with Crippen LogP contribution in [0.5, 0.6) is 0 Å². The fourth-order valence-corrected chi connectivity index (χ4v) is 3.48. The van der Waals surface area contributed by atoms with Crippen LogP contribution in [0.3, 0.4) is 0 Å². The first kappa shape index (κ1) is 27.7. The number of benzene rings is 3. The van der Waals surface area contributed by atoms with E-state index in [1.807, 2.05) is 35.2 Å². The van der Waals surface area contributed by atoms with E-state index in [0.29, 0.717) is 29.8 Å². The summed E-state index contributed by atoms with van der Waals surface area (Å²) < 4.78 is 15.8. The molecule has 0 N–H and O–H groups in total. The molecule has 0 aromatic heterocycles. The fraction of sp³-hybridized carbons (Fsp3) is 0.200. The lowest BCUT2D eigenvalue weighted by atomic mass is 10.1. The molecule has 0 fully saturated rings. The molecule has 0 aliphatic rings. The Labute approximate surface area is 221 Å². The second-order valence-corrected chi connectivity index (χ2v) is 7.97. The summed E-state index contributed by atoms with van der Waals surface area (Å²) >= 11 is 0. The van der Waals surface area contributed by atoms with Crippen molar-refractivity contribution in [3.05, 3.63) is 107 Å². The van der Waals surface area contributed by atoms with Crippen molar-refractivity contribution in [1.82, 2.24) is 0 Å². The van der Waals surface area contributed by atoms with Gasteiger partial charge in [0.15, 0.2) is 0 Å². The Morgan fingerprint density at radius 3 is 1.71 bits per heavy atom. The highest BCUT2D eigenvalue weighted by molar-refractivity contribution is 5.98. The zero-order valence-electron chi connectivity index (χ0n) is 21.0. The maximum Gasteiger partial charge on any atom is 0.348 e. The van der Waals surface area contributed by atoms with Crippen molar-refractivity contribution in [2.45, 2.75) is 6.92 Å². The van der Waals surface area contributed by atoms with E-state index in [1.54, 1.807) is 67.6 Å². The van der Waals surface area contributed by atoms with Crippen molar-refractivity contribution in [1.29, 1.82) is 5.26 Å². The van der Waals surface area contributed by atoms with Crippen molar-refractivity contribution in [2.24, 2.45) is 0 Å². The summed E-state index contributed by atoms with van der Waals surface area (Å²) in [6.45, 7) is 2.78. The van der Waals surface area contributed by atoms with E-state index in [1.165, 1.54) is 6.08 Å². The number of ether oxygens (including phenoxy) is 3. The minimum absolute atomic E-state index is 0.0999. The molecule has 38 heavy (non-hydrogen) atoms. The van der Waals surface area contributed by atoms with Crippen molar-refractivity contribution in [3.8, 4) is 6.07 Å². The largest absolute Gasteiger partial charge is 0.462 e. The van der Waals surface area contributed by atoms with Crippen LogP contribution in [0.15, 0.2) is 90.5 Å². The van der Waals surface area contributed by atoms with Crippen molar-refractivity contribution < 1.29 is 28.6 Å². The zero-order chi connectivity index (χ0) is 27.2. The Morgan fingerprint density at radius 1 is 0.763 bits per heavy atom. The quantitative estimate of drug-likeness (QED) is 0.149. The van der Waals surface area contributed by atoms with Gasteiger partial charge in [0.2, 0.25) is 0 Å². The molecule has 0 spiro atoms.